The number of nitrogens with zero attached hydrogens (tertiary/aromatic N) is 2. The molecule has 0 saturated carbocycles. The second kappa shape index (κ2) is 7.21. The first-order valence-corrected chi connectivity index (χ1v) is 8.23. The maximum absolute atomic E-state index is 4.23. The summed E-state index contributed by atoms with van der Waals surface area (Å²) >= 11 is 3.34. The number of benzene rings is 2. The van der Waals surface area contributed by atoms with Crippen molar-refractivity contribution < 1.29 is 0 Å². The fraction of sp³-hybridized carbons (Fsp3) is 0.143. The molecule has 5 heteroatoms. The summed E-state index contributed by atoms with van der Waals surface area (Å²) in [5.41, 5.74) is 4.84. The second-order valence-electron chi connectivity index (χ2n) is 3.68. The van der Waals surface area contributed by atoms with E-state index in [1.165, 1.54) is 0 Å². The number of anilines is 1. The summed E-state index contributed by atoms with van der Waals surface area (Å²) in [5.74, 6) is 0. The van der Waals surface area contributed by atoms with Gasteiger partial charge in [-0.25, -0.2) is 0 Å². The van der Waals surface area contributed by atoms with Crippen molar-refractivity contribution in [1.29, 1.82) is 0 Å². The van der Waals surface area contributed by atoms with Gasteiger partial charge >= 0.3 is 0 Å². The maximum Gasteiger partial charge on any atom is 0.101 e. The van der Waals surface area contributed by atoms with Gasteiger partial charge in [0.15, 0.2) is 0 Å². The predicted molar refractivity (Wildman–Crippen MR) is 84.6 cm³/mol. The number of para-hydroxylation sites is 1. The number of thioether (sulfide) groups is 2. The first-order chi connectivity index (χ1) is 9.35. The third-order valence-corrected chi connectivity index (χ3v) is 4.10. The Labute approximate surface area is 121 Å². The zero-order chi connectivity index (χ0) is 13.5. The molecule has 0 amide bonds. The summed E-state index contributed by atoms with van der Waals surface area (Å²) in [4.78, 5) is 2.27. The Morgan fingerprint density at radius 3 is 2.21 bits per heavy atom. The first kappa shape index (κ1) is 14.0. The van der Waals surface area contributed by atoms with E-state index < -0.39 is 0 Å². The molecule has 0 unspecified atom stereocenters. The molecule has 0 radical (unpaired) electrons. The van der Waals surface area contributed by atoms with Crippen LogP contribution in [0.4, 0.5) is 11.4 Å². The lowest BCUT2D eigenvalue weighted by Gasteiger charge is -2.05. The van der Waals surface area contributed by atoms with Crippen LogP contribution in [0.1, 0.15) is 0 Å². The molecule has 0 bridgehead atoms. The van der Waals surface area contributed by atoms with Crippen molar-refractivity contribution in [1.82, 2.24) is 0 Å². The van der Waals surface area contributed by atoms with Gasteiger partial charge in [-0.05, 0) is 36.8 Å². The Bertz CT molecular complexity index is 570. The predicted octanol–water partition coefficient (Wildman–Crippen LogP) is 5.24. The number of hydrogen-bond acceptors (Lipinski definition) is 4. The minimum atomic E-state index is 0.879. The Morgan fingerprint density at radius 2 is 1.47 bits per heavy atom. The summed E-state index contributed by atoms with van der Waals surface area (Å²) in [6.07, 6.45) is 4.07. The quantitative estimate of drug-likeness (QED) is 0.464. The van der Waals surface area contributed by atoms with E-state index in [2.05, 4.69) is 21.8 Å². The van der Waals surface area contributed by atoms with Crippen molar-refractivity contribution in [3.05, 3.63) is 48.5 Å². The van der Waals surface area contributed by atoms with Crippen molar-refractivity contribution in [2.75, 3.05) is 17.9 Å². The van der Waals surface area contributed by atoms with Gasteiger partial charge in [-0.15, -0.1) is 28.6 Å². The molecule has 0 aliphatic heterocycles. The molecular weight excluding hydrogens is 274 g/mol. The molecule has 2 aromatic rings. The highest BCUT2D eigenvalue weighted by Crippen LogP contribution is 2.28. The maximum atomic E-state index is 4.23. The lowest BCUT2D eigenvalue weighted by atomic mass is 10.3. The van der Waals surface area contributed by atoms with Crippen LogP contribution >= 0.6 is 23.5 Å². The molecule has 0 heterocycles. The number of rotatable bonds is 5. The lowest BCUT2D eigenvalue weighted by Crippen LogP contribution is -1.88. The Balaban J connectivity index is 2.11. The highest BCUT2D eigenvalue weighted by atomic mass is 32.2. The van der Waals surface area contributed by atoms with Gasteiger partial charge in [0.05, 0.1) is 5.69 Å². The van der Waals surface area contributed by atoms with Crippen molar-refractivity contribution in [3.8, 4) is 0 Å². The van der Waals surface area contributed by atoms with Crippen LogP contribution in [-0.2, 0) is 0 Å². The van der Waals surface area contributed by atoms with Crippen LogP contribution in [0, 0.1) is 0 Å². The normalized spacial score (nSPS) is 10.8. The lowest BCUT2D eigenvalue weighted by molar-refractivity contribution is 1.10. The molecule has 1 N–H and O–H groups in total. The largest absolute Gasteiger partial charge is 0.259 e. The molecule has 19 heavy (non-hydrogen) atoms. The Hall–Kier alpha value is -1.46. The van der Waals surface area contributed by atoms with Gasteiger partial charge in [-0.3, -0.25) is 5.43 Å². The third kappa shape index (κ3) is 3.75. The van der Waals surface area contributed by atoms with Gasteiger partial charge in [0.2, 0.25) is 0 Å². The summed E-state index contributed by atoms with van der Waals surface area (Å²) in [7, 11) is 0. The van der Waals surface area contributed by atoms with E-state index in [-0.39, 0.29) is 0 Å². The van der Waals surface area contributed by atoms with Gasteiger partial charge in [-0.2, -0.15) is 0 Å². The molecule has 2 aromatic carbocycles. The van der Waals surface area contributed by atoms with Gasteiger partial charge in [-0.1, -0.05) is 29.5 Å². The summed E-state index contributed by atoms with van der Waals surface area (Å²) in [6.45, 7) is 0. The molecule has 0 aromatic heterocycles. The van der Waals surface area contributed by atoms with Crippen molar-refractivity contribution in [2.45, 2.75) is 9.79 Å². The Morgan fingerprint density at radius 1 is 0.842 bits per heavy atom. The number of hydrogen-bond donors (Lipinski definition) is 1. The average Bonchev–Trinajstić information content (AvgIpc) is 2.48. The minimum absolute atomic E-state index is 0.879. The van der Waals surface area contributed by atoms with Crippen LogP contribution in [0.25, 0.3) is 0 Å². The van der Waals surface area contributed by atoms with Gasteiger partial charge in [0.25, 0.3) is 0 Å². The molecule has 0 aliphatic carbocycles. The van der Waals surface area contributed by atoms with E-state index in [9.17, 15) is 0 Å². The smallest absolute Gasteiger partial charge is 0.101 e. The first-order valence-electron chi connectivity index (χ1n) is 5.78. The second-order valence-corrected chi connectivity index (χ2v) is 5.38. The molecule has 0 saturated heterocycles. The van der Waals surface area contributed by atoms with Crippen LogP contribution in [0.15, 0.2) is 68.7 Å². The fourth-order valence-corrected chi connectivity index (χ4v) is 2.66. The van der Waals surface area contributed by atoms with Crippen LogP contribution in [0.3, 0.4) is 0 Å². The van der Waals surface area contributed by atoms with Crippen molar-refractivity contribution >= 4 is 34.9 Å². The number of nitrogens with one attached hydrogen (secondary N) is 1. The molecule has 0 fully saturated rings. The van der Waals surface area contributed by atoms with E-state index in [0.29, 0.717) is 0 Å². The van der Waals surface area contributed by atoms with E-state index in [1.807, 2.05) is 55.0 Å². The highest BCUT2D eigenvalue weighted by molar-refractivity contribution is 7.99. The van der Waals surface area contributed by atoms with Crippen molar-refractivity contribution in [2.24, 2.45) is 10.3 Å². The fourth-order valence-electron chi connectivity index (χ4n) is 1.58. The molecule has 98 valence electrons. The summed E-state index contributed by atoms with van der Waals surface area (Å²) < 4.78 is 0. The molecular formula is C14H15N3S2. The van der Waals surface area contributed by atoms with Crippen LogP contribution in [-0.4, -0.2) is 12.5 Å². The van der Waals surface area contributed by atoms with E-state index in [0.717, 1.165) is 21.2 Å². The zero-order valence-corrected chi connectivity index (χ0v) is 12.5. The molecule has 0 atom stereocenters. The summed E-state index contributed by atoms with van der Waals surface area (Å²) in [5, 5.41) is 8.31. The van der Waals surface area contributed by atoms with E-state index >= 15 is 0 Å². The molecule has 3 nitrogen and oxygen atoms in total. The molecule has 0 spiro atoms. The van der Waals surface area contributed by atoms with E-state index in [4.69, 9.17) is 0 Å². The standard InChI is InChI=1S/C14H15N3S2/c1-18-13-9-5-3-7-11(13)15-17-16-12-8-4-6-10-14(12)19-2/h3-10H,1-2H3,(H,15,16). The average molecular weight is 289 g/mol. The van der Waals surface area contributed by atoms with Gasteiger partial charge in [0.1, 0.15) is 5.69 Å². The zero-order valence-electron chi connectivity index (χ0n) is 10.8. The monoisotopic (exact) mass is 289 g/mol. The van der Waals surface area contributed by atoms with Gasteiger partial charge < -0.3 is 0 Å². The topological polar surface area (TPSA) is 36.8 Å². The molecule has 2 rings (SSSR count). The summed E-state index contributed by atoms with van der Waals surface area (Å²) in [6, 6.07) is 16.0. The minimum Gasteiger partial charge on any atom is -0.259 e. The van der Waals surface area contributed by atoms with Crippen LogP contribution in [0.2, 0.25) is 0 Å². The third-order valence-electron chi connectivity index (χ3n) is 2.52. The van der Waals surface area contributed by atoms with Crippen LogP contribution < -0.4 is 5.43 Å². The highest BCUT2D eigenvalue weighted by Gasteiger charge is 1.99. The Kier molecular flexibility index (Phi) is 5.30. The molecule has 0 aliphatic rings. The van der Waals surface area contributed by atoms with Crippen molar-refractivity contribution in [3.63, 3.8) is 0 Å². The van der Waals surface area contributed by atoms with Gasteiger partial charge in [0, 0.05) is 9.79 Å². The van der Waals surface area contributed by atoms with Crippen LogP contribution in [0.5, 0.6) is 0 Å². The SMILES string of the molecule is CSc1ccccc1N=NNc1ccccc1SC. The van der Waals surface area contributed by atoms with E-state index in [1.54, 1.807) is 23.5 Å².